The third-order valence-corrected chi connectivity index (χ3v) is 3.07. The van der Waals surface area contributed by atoms with Crippen LogP contribution in [0.25, 0.3) is 0 Å². The van der Waals surface area contributed by atoms with Crippen LogP contribution in [-0.2, 0) is 4.79 Å². The van der Waals surface area contributed by atoms with Gasteiger partial charge >= 0.3 is 0 Å². The predicted octanol–water partition coefficient (Wildman–Crippen LogP) is 1.95. The van der Waals surface area contributed by atoms with Crippen LogP contribution in [0.4, 0.5) is 4.39 Å². The second kappa shape index (κ2) is 5.16. The van der Waals surface area contributed by atoms with Crippen molar-refractivity contribution in [1.29, 1.82) is 0 Å². The largest absolute Gasteiger partial charge is 0.302 e. The summed E-state index contributed by atoms with van der Waals surface area (Å²) in [5, 5.41) is 0. The molecule has 1 fully saturated rings. The lowest BCUT2D eigenvalue weighted by Gasteiger charge is -2.34. The van der Waals surface area contributed by atoms with Crippen molar-refractivity contribution in [3.05, 3.63) is 29.8 Å². The van der Waals surface area contributed by atoms with Gasteiger partial charge in [0.15, 0.2) is 0 Å². The van der Waals surface area contributed by atoms with Crippen LogP contribution in [0.2, 0.25) is 0 Å². The molecule has 1 aliphatic heterocycles. The van der Waals surface area contributed by atoms with E-state index in [0.717, 1.165) is 32.1 Å². The minimum absolute atomic E-state index is 0.00708. The number of aromatic nitrogens is 1. The van der Waals surface area contributed by atoms with Gasteiger partial charge in [0.2, 0.25) is 5.95 Å². The van der Waals surface area contributed by atoms with Crippen molar-refractivity contribution in [3.63, 3.8) is 0 Å². The molecular formula is C12H15FN2O. The lowest BCUT2D eigenvalue weighted by molar-refractivity contribution is -0.109. The molecule has 16 heavy (non-hydrogen) atoms. The summed E-state index contributed by atoms with van der Waals surface area (Å²) in [5.41, 5.74) is 0.615. The zero-order valence-electron chi connectivity index (χ0n) is 9.10. The van der Waals surface area contributed by atoms with Gasteiger partial charge in [-0.1, -0.05) is 12.5 Å². The number of hydrogen-bond acceptors (Lipinski definition) is 3. The Labute approximate surface area is 94.3 Å². The molecule has 0 N–H and O–H groups in total. The molecule has 4 heteroatoms. The summed E-state index contributed by atoms with van der Waals surface area (Å²) in [6, 6.07) is 3.51. The highest BCUT2D eigenvalue weighted by Crippen LogP contribution is 2.30. The van der Waals surface area contributed by atoms with Crippen molar-refractivity contribution in [2.45, 2.75) is 25.3 Å². The summed E-state index contributed by atoms with van der Waals surface area (Å²) in [6.45, 7) is 1.23. The molecule has 3 nitrogen and oxygen atoms in total. The fourth-order valence-corrected chi connectivity index (χ4v) is 2.30. The molecule has 0 bridgehead atoms. The fraction of sp³-hybridized carbons (Fsp3) is 0.500. The normalized spacial score (nSPS) is 21.9. The van der Waals surface area contributed by atoms with Crippen molar-refractivity contribution in [3.8, 4) is 0 Å². The van der Waals surface area contributed by atoms with Crippen LogP contribution < -0.4 is 0 Å². The molecule has 1 unspecified atom stereocenters. The van der Waals surface area contributed by atoms with E-state index in [4.69, 9.17) is 0 Å². The van der Waals surface area contributed by atoms with Gasteiger partial charge in [-0.25, -0.2) is 4.98 Å². The monoisotopic (exact) mass is 222 g/mol. The molecule has 1 saturated heterocycles. The third kappa shape index (κ3) is 2.27. The number of aldehydes is 1. The molecule has 1 aromatic rings. The van der Waals surface area contributed by atoms with Gasteiger partial charge in [-0.15, -0.1) is 0 Å². The molecular weight excluding hydrogens is 207 g/mol. The SMILES string of the molecule is O=CCN1CCCCC1c1cccnc1F. The van der Waals surface area contributed by atoms with Gasteiger partial charge in [0, 0.05) is 17.8 Å². The maximum Gasteiger partial charge on any atom is 0.217 e. The van der Waals surface area contributed by atoms with Gasteiger partial charge in [0.05, 0.1) is 6.54 Å². The van der Waals surface area contributed by atoms with Crippen molar-refractivity contribution < 1.29 is 9.18 Å². The van der Waals surface area contributed by atoms with E-state index in [-0.39, 0.29) is 6.04 Å². The smallest absolute Gasteiger partial charge is 0.217 e. The van der Waals surface area contributed by atoms with E-state index in [0.29, 0.717) is 12.1 Å². The van der Waals surface area contributed by atoms with E-state index in [1.807, 2.05) is 4.90 Å². The topological polar surface area (TPSA) is 33.2 Å². The Hall–Kier alpha value is -1.29. The van der Waals surface area contributed by atoms with Gasteiger partial charge in [-0.3, -0.25) is 4.90 Å². The molecule has 2 heterocycles. The number of carbonyl (C=O) groups excluding carboxylic acids is 1. The summed E-state index contributed by atoms with van der Waals surface area (Å²) in [5.74, 6) is -0.412. The Bertz CT molecular complexity index is 370. The van der Waals surface area contributed by atoms with Crippen LogP contribution in [0.15, 0.2) is 18.3 Å². The summed E-state index contributed by atoms with van der Waals surface area (Å²) in [6.07, 6.45) is 5.38. The molecule has 0 saturated carbocycles. The number of likely N-dealkylation sites (tertiary alicyclic amines) is 1. The Morgan fingerprint density at radius 1 is 1.56 bits per heavy atom. The van der Waals surface area contributed by atoms with Gasteiger partial charge in [-0.2, -0.15) is 4.39 Å². The Balaban J connectivity index is 2.22. The molecule has 1 atom stereocenters. The van der Waals surface area contributed by atoms with Crippen LogP contribution in [0.1, 0.15) is 30.9 Å². The first kappa shape index (κ1) is 11.2. The van der Waals surface area contributed by atoms with Crippen molar-refractivity contribution >= 4 is 6.29 Å². The average molecular weight is 222 g/mol. The van der Waals surface area contributed by atoms with E-state index >= 15 is 0 Å². The summed E-state index contributed by atoms with van der Waals surface area (Å²) in [7, 11) is 0. The van der Waals surface area contributed by atoms with Crippen LogP contribution in [0, 0.1) is 5.95 Å². The first-order valence-corrected chi connectivity index (χ1v) is 5.61. The molecule has 2 rings (SSSR count). The standard InChI is InChI=1S/C12H15FN2O/c13-12-10(4-3-6-14-12)11-5-1-2-7-15(11)8-9-16/h3-4,6,9,11H,1-2,5,7-8H2. The lowest BCUT2D eigenvalue weighted by atomic mass is 9.96. The first-order chi connectivity index (χ1) is 7.83. The maximum atomic E-state index is 13.6. The van der Waals surface area contributed by atoms with E-state index in [1.54, 1.807) is 12.1 Å². The van der Waals surface area contributed by atoms with E-state index < -0.39 is 5.95 Å². The fourth-order valence-electron chi connectivity index (χ4n) is 2.30. The zero-order valence-corrected chi connectivity index (χ0v) is 9.10. The van der Waals surface area contributed by atoms with Crippen molar-refractivity contribution in [2.24, 2.45) is 0 Å². The second-order valence-corrected chi connectivity index (χ2v) is 4.06. The van der Waals surface area contributed by atoms with E-state index in [9.17, 15) is 9.18 Å². The molecule has 0 spiro atoms. The number of hydrogen-bond donors (Lipinski definition) is 0. The highest BCUT2D eigenvalue weighted by molar-refractivity contribution is 5.52. The second-order valence-electron chi connectivity index (χ2n) is 4.06. The number of rotatable bonds is 3. The highest BCUT2D eigenvalue weighted by atomic mass is 19.1. The lowest BCUT2D eigenvalue weighted by Crippen LogP contribution is -2.35. The van der Waals surface area contributed by atoms with Gasteiger partial charge in [0.1, 0.15) is 6.29 Å². The van der Waals surface area contributed by atoms with Crippen molar-refractivity contribution in [1.82, 2.24) is 9.88 Å². The van der Waals surface area contributed by atoms with Crippen LogP contribution in [-0.4, -0.2) is 29.3 Å². The first-order valence-electron chi connectivity index (χ1n) is 5.61. The summed E-state index contributed by atoms with van der Waals surface area (Å²) < 4.78 is 13.6. The summed E-state index contributed by atoms with van der Waals surface area (Å²) in [4.78, 5) is 16.3. The molecule has 86 valence electrons. The van der Waals surface area contributed by atoms with Gasteiger partial charge in [0.25, 0.3) is 0 Å². The highest BCUT2D eigenvalue weighted by Gasteiger charge is 2.25. The minimum atomic E-state index is -0.412. The average Bonchev–Trinajstić information content (AvgIpc) is 2.31. The number of carbonyl (C=O) groups is 1. The van der Waals surface area contributed by atoms with Crippen molar-refractivity contribution in [2.75, 3.05) is 13.1 Å². The quantitative estimate of drug-likeness (QED) is 0.579. The van der Waals surface area contributed by atoms with E-state index in [1.165, 1.54) is 6.20 Å². The molecule has 0 radical (unpaired) electrons. The predicted molar refractivity (Wildman–Crippen MR) is 58.4 cm³/mol. The maximum absolute atomic E-state index is 13.6. The summed E-state index contributed by atoms with van der Waals surface area (Å²) >= 11 is 0. The zero-order chi connectivity index (χ0) is 11.4. The number of piperidine rings is 1. The van der Waals surface area contributed by atoms with Gasteiger partial charge < -0.3 is 4.79 Å². The Morgan fingerprint density at radius 2 is 2.44 bits per heavy atom. The van der Waals surface area contributed by atoms with Crippen LogP contribution in [0.3, 0.4) is 0 Å². The number of halogens is 1. The molecule has 0 aromatic carbocycles. The van der Waals surface area contributed by atoms with Crippen LogP contribution in [0.5, 0.6) is 0 Å². The van der Waals surface area contributed by atoms with Crippen LogP contribution >= 0.6 is 0 Å². The van der Waals surface area contributed by atoms with Gasteiger partial charge in [-0.05, 0) is 25.5 Å². The number of pyridine rings is 1. The Kier molecular flexibility index (Phi) is 3.62. The number of nitrogens with zero attached hydrogens (tertiary/aromatic N) is 2. The Morgan fingerprint density at radius 3 is 3.19 bits per heavy atom. The molecule has 0 aliphatic carbocycles. The molecule has 1 aliphatic rings. The minimum Gasteiger partial charge on any atom is -0.302 e. The van der Waals surface area contributed by atoms with E-state index in [2.05, 4.69) is 4.98 Å². The molecule has 0 amide bonds. The molecule has 1 aromatic heterocycles. The third-order valence-electron chi connectivity index (χ3n) is 3.07.